The van der Waals surface area contributed by atoms with Gasteiger partial charge < -0.3 is 9.80 Å². The van der Waals surface area contributed by atoms with E-state index in [0.29, 0.717) is 42.3 Å². The van der Waals surface area contributed by atoms with Gasteiger partial charge in [0.2, 0.25) is 5.91 Å². The number of hydrogen-bond acceptors (Lipinski definition) is 3. The lowest BCUT2D eigenvalue weighted by Gasteiger charge is -2.34. The molecule has 6 heteroatoms. The monoisotopic (exact) mass is 423 g/mol. The fourth-order valence-electron chi connectivity index (χ4n) is 3.97. The molecule has 0 unspecified atom stereocenters. The average Bonchev–Trinajstić information content (AvgIpc) is 3.20. The number of hydrogen-bond donors (Lipinski definition) is 0. The third kappa shape index (κ3) is 4.74. The minimum absolute atomic E-state index is 0.000889. The second kappa shape index (κ2) is 9.45. The molecule has 4 rings (SSSR count). The van der Waals surface area contributed by atoms with Crippen LogP contribution in [0.3, 0.4) is 0 Å². The van der Waals surface area contributed by atoms with Gasteiger partial charge in [-0.3, -0.25) is 14.5 Å². The highest BCUT2D eigenvalue weighted by Gasteiger charge is 2.26. The van der Waals surface area contributed by atoms with Crippen molar-refractivity contribution in [2.24, 2.45) is 0 Å². The van der Waals surface area contributed by atoms with Crippen LogP contribution in [0.2, 0.25) is 5.02 Å². The summed E-state index contributed by atoms with van der Waals surface area (Å²) in [4.78, 5) is 31.0. The highest BCUT2D eigenvalue weighted by Crippen LogP contribution is 2.30. The SMILES string of the molecule is O=C(c1ccc(Cl)c(N2CCCC2=O)c1)N1CCN(C/C=C/c2ccccc2)CC1. The number of halogens is 1. The summed E-state index contributed by atoms with van der Waals surface area (Å²) >= 11 is 6.31. The molecule has 5 nitrogen and oxygen atoms in total. The summed E-state index contributed by atoms with van der Waals surface area (Å²) in [5.41, 5.74) is 2.43. The van der Waals surface area contributed by atoms with E-state index in [9.17, 15) is 9.59 Å². The molecule has 0 saturated carbocycles. The Kier molecular flexibility index (Phi) is 6.50. The molecule has 2 aromatic rings. The van der Waals surface area contributed by atoms with Crippen molar-refractivity contribution in [3.63, 3.8) is 0 Å². The molecule has 0 radical (unpaired) electrons. The highest BCUT2D eigenvalue weighted by atomic mass is 35.5. The number of carbonyl (C=O) groups is 2. The van der Waals surface area contributed by atoms with Crippen molar-refractivity contribution in [2.75, 3.05) is 44.2 Å². The van der Waals surface area contributed by atoms with Gasteiger partial charge in [0.05, 0.1) is 10.7 Å². The second-order valence-corrected chi connectivity index (χ2v) is 8.13. The van der Waals surface area contributed by atoms with E-state index in [1.807, 2.05) is 23.1 Å². The normalized spacial score (nSPS) is 17.8. The largest absolute Gasteiger partial charge is 0.336 e. The summed E-state index contributed by atoms with van der Waals surface area (Å²) in [5, 5.41) is 0.511. The van der Waals surface area contributed by atoms with E-state index < -0.39 is 0 Å². The van der Waals surface area contributed by atoms with Gasteiger partial charge in [-0.2, -0.15) is 0 Å². The van der Waals surface area contributed by atoms with Crippen LogP contribution in [0.4, 0.5) is 5.69 Å². The van der Waals surface area contributed by atoms with E-state index in [1.165, 1.54) is 5.56 Å². The molecule has 0 spiro atoms. The number of carbonyl (C=O) groups excluding carboxylic acids is 2. The first kappa shape index (κ1) is 20.6. The van der Waals surface area contributed by atoms with E-state index >= 15 is 0 Å². The maximum absolute atomic E-state index is 13.0. The first-order chi connectivity index (χ1) is 14.6. The zero-order chi connectivity index (χ0) is 20.9. The molecule has 0 bridgehead atoms. The molecule has 156 valence electrons. The lowest BCUT2D eigenvalue weighted by Crippen LogP contribution is -2.48. The Morgan fingerprint density at radius 2 is 1.77 bits per heavy atom. The molecule has 2 aliphatic rings. The molecule has 2 heterocycles. The quantitative estimate of drug-likeness (QED) is 0.731. The van der Waals surface area contributed by atoms with Gasteiger partial charge in [-0.05, 0) is 30.2 Å². The van der Waals surface area contributed by atoms with Crippen LogP contribution in [-0.4, -0.2) is 60.9 Å². The van der Waals surface area contributed by atoms with Gasteiger partial charge >= 0.3 is 0 Å². The molecular formula is C24H26ClN3O2. The molecule has 2 saturated heterocycles. The maximum atomic E-state index is 13.0. The summed E-state index contributed by atoms with van der Waals surface area (Å²) < 4.78 is 0. The zero-order valence-electron chi connectivity index (χ0n) is 17.0. The Hall–Kier alpha value is -2.63. The molecule has 2 aromatic carbocycles. The molecule has 30 heavy (non-hydrogen) atoms. The Morgan fingerprint density at radius 3 is 2.47 bits per heavy atom. The third-order valence-corrected chi connectivity index (χ3v) is 6.01. The van der Waals surface area contributed by atoms with Crippen molar-refractivity contribution < 1.29 is 9.59 Å². The molecule has 2 amide bonds. The molecule has 2 fully saturated rings. The summed E-state index contributed by atoms with van der Waals surface area (Å²) in [6.07, 6.45) is 5.67. The number of anilines is 1. The average molecular weight is 424 g/mol. The predicted octanol–water partition coefficient (Wildman–Crippen LogP) is 3.94. The lowest BCUT2D eigenvalue weighted by molar-refractivity contribution is -0.117. The van der Waals surface area contributed by atoms with E-state index in [-0.39, 0.29) is 11.8 Å². The van der Waals surface area contributed by atoms with Gasteiger partial charge in [-0.15, -0.1) is 0 Å². The van der Waals surface area contributed by atoms with Crippen LogP contribution in [0.25, 0.3) is 6.08 Å². The Morgan fingerprint density at radius 1 is 1.00 bits per heavy atom. The van der Waals surface area contributed by atoms with E-state index in [2.05, 4.69) is 29.2 Å². The Bertz CT molecular complexity index is 937. The predicted molar refractivity (Wildman–Crippen MR) is 121 cm³/mol. The third-order valence-electron chi connectivity index (χ3n) is 5.69. The summed E-state index contributed by atoms with van der Waals surface area (Å²) in [5.74, 6) is 0.0673. The minimum Gasteiger partial charge on any atom is -0.336 e. The van der Waals surface area contributed by atoms with Gasteiger partial charge in [0.15, 0.2) is 0 Å². The van der Waals surface area contributed by atoms with Crippen molar-refractivity contribution in [3.8, 4) is 0 Å². The topological polar surface area (TPSA) is 43.9 Å². The first-order valence-electron chi connectivity index (χ1n) is 10.4. The Balaban J connectivity index is 1.34. The van der Waals surface area contributed by atoms with Crippen molar-refractivity contribution in [1.82, 2.24) is 9.80 Å². The van der Waals surface area contributed by atoms with Crippen molar-refractivity contribution in [1.29, 1.82) is 0 Å². The summed E-state index contributed by atoms with van der Waals surface area (Å²) in [6, 6.07) is 15.5. The molecule has 0 atom stereocenters. The standard InChI is InChI=1S/C24H26ClN3O2/c25-21-11-10-20(18-22(21)28-13-5-9-23(28)29)24(30)27-16-14-26(15-17-27)12-4-8-19-6-2-1-3-7-19/h1-4,6-8,10-11,18H,5,9,12-17H2/b8-4+. The van der Waals surface area contributed by atoms with Crippen LogP contribution < -0.4 is 4.90 Å². The molecule has 2 aliphatic heterocycles. The molecular weight excluding hydrogens is 398 g/mol. The van der Waals surface area contributed by atoms with Crippen LogP contribution in [0.1, 0.15) is 28.8 Å². The van der Waals surface area contributed by atoms with Gasteiger partial charge in [-0.25, -0.2) is 0 Å². The van der Waals surface area contributed by atoms with Crippen LogP contribution in [0, 0.1) is 0 Å². The summed E-state index contributed by atoms with van der Waals surface area (Å²) in [6.45, 7) is 4.60. The first-order valence-corrected chi connectivity index (χ1v) is 10.8. The van der Waals surface area contributed by atoms with Crippen LogP contribution in [-0.2, 0) is 4.79 Å². The minimum atomic E-state index is -0.000889. The number of piperazine rings is 1. The van der Waals surface area contributed by atoms with Gasteiger partial charge in [0.25, 0.3) is 5.91 Å². The zero-order valence-corrected chi connectivity index (χ0v) is 17.7. The number of amides is 2. The van der Waals surface area contributed by atoms with Crippen LogP contribution in [0.5, 0.6) is 0 Å². The molecule has 0 N–H and O–H groups in total. The van der Waals surface area contributed by atoms with Gasteiger partial charge in [0, 0.05) is 51.3 Å². The maximum Gasteiger partial charge on any atom is 0.254 e. The Labute approximate surface area is 182 Å². The van der Waals surface area contributed by atoms with Crippen LogP contribution >= 0.6 is 11.6 Å². The van der Waals surface area contributed by atoms with Crippen molar-refractivity contribution in [3.05, 3.63) is 70.8 Å². The number of nitrogens with zero attached hydrogens (tertiary/aromatic N) is 3. The fraction of sp³-hybridized carbons (Fsp3) is 0.333. The lowest BCUT2D eigenvalue weighted by atomic mass is 10.1. The second-order valence-electron chi connectivity index (χ2n) is 7.72. The van der Waals surface area contributed by atoms with E-state index in [1.54, 1.807) is 23.1 Å². The molecule has 0 aliphatic carbocycles. The number of rotatable bonds is 5. The fourth-order valence-corrected chi connectivity index (χ4v) is 4.19. The highest BCUT2D eigenvalue weighted by molar-refractivity contribution is 6.34. The van der Waals surface area contributed by atoms with Gasteiger partial charge in [0.1, 0.15) is 0 Å². The number of benzene rings is 2. The summed E-state index contributed by atoms with van der Waals surface area (Å²) in [7, 11) is 0. The molecule has 0 aromatic heterocycles. The smallest absolute Gasteiger partial charge is 0.254 e. The van der Waals surface area contributed by atoms with E-state index in [4.69, 9.17) is 11.6 Å². The van der Waals surface area contributed by atoms with E-state index in [0.717, 1.165) is 26.1 Å². The van der Waals surface area contributed by atoms with Gasteiger partial charge in [-0.1, -0.05) is 54.1 Å². The van der Waals surface area contributed by atoms with Crippen molar-refractivity contribution >= 4 is 35.2 Å². The van der Waals surface area contributed by atoms with Crippen LogP contribution in [0.15, 0.2) is 54.6 Å². The van der Waals surface area contributed by atoms with Crippen molar-refractivity contribution in [2.45, 2.75) is 12.8 Å².